The first kappa shape index (κ1) is 22.9. The Morgan fingerprint density at radius 1 is 1.21 bits per heavy atom. The van der Waals surface area contributed by atoms with Crippen LogP contribution in [0.25, 0.3) is 0 Å². The van der Waals surface area contributed by atoms with Gasteiger partial charge in [-0.3, -0.25) is 9.67 Å². The molecule has 2 aromatic heterocycles. The van der Waals surface area contributed by atoms with Gasteiger partial charge in [0.2, 0.25) is 5.13 Å². The maximum absolute atomic E-state index is 4.61. The van der Waals surface area contributed by atoms with E-state index in [4.69, 9.17) is 0 Å². The van der Waals surface area contributed by atoms with Gasteiger partial charge in [-0.1, -0.05) is 6.92 Å². The maximum atomic E-state index is 4.61. The summed E-state index contributed by atoms with van der Waals surface area (Å²) in [6.45, 7) is 10.9. The first-order valence-electron chi connectivity index (χ1n) is 9.55. The molecule has 10 heteroatoms. The van der Waals surface area contributed by atoms with E-state index in [1.54, 1.807) is 0 Å². The third-order valence-electron chi connectivity index (χ3n) is 5.15. The van der Waals surface area contributed by atoms with Crippen molar-refractivity contribution in [3.8, 4) is 0 Å². The largest absolute Gasteiger partial charge is 0.356 e. The standard InChI is InChI=1S/C18H30N8S.HI/c1-6-16-21-18(27-23-16)26-11-9-25(10-12-26)17(19-4)20-8-7-15-13(2)22-24(5)14(15)3;/h6-12H2,1-5H3,(H,19,20);1H. The lowest BCUT2D eigenvalue weighted by atomic mass is 10.1. The number of hydrogen-bond acceptors (Lipinski definition) is 6. The Morgan fingerprint density at radius 2 is 1.93 bits per heavy atom. The molecule has 0 spiro atoms. The molecule has 1 saturated heterocycles. The molecule has 8 nitrogen and oxygen atoms in total. The van der Waals surface area contributed by atoms with Gasteiger partial charge in [-0.25, -0.2) is 4.98 Å². The average Bonchev–Trinajstić information content (AvgIpc) is 3.25. The summed E-state index contributed by atoms with van der Waals surface area (Å²) in [4.78, 5) is 13.7. The van der Waals surface area contributed by atoms with Gasteiger partial charge in [0, 0.05) is 70.5 Å². The van der Waals surface area contributed by atoms with Gasteiger partial charge < -0.3 is 15.1 Å². The summed E-state index contributed by atoms with van der Waals surface area (Å²) in [5.41, 5.74) is 3.68. The molecule has 0 atom stereocenters. The molecule has 0 aliphatic carbocycles. The van der Waals surface area contributed by atoms with Crippen LogP contribution in [0.1, 0.15) is 29.7 Å². The maximum Gasteiger partial charge on any atom is 0.205 e. The number of guanidine groups is 1. The van der Waals surface area contributed by atoms with Crippen LogP contribution in [0.15, 0.2) is 4.99 Å². The first-order chi connectivity index (χ1) is 13.0. The number of nitrogens with zero attached hydrogens (tertiary/aromatic N) is 7. The zero-order valence-corrected chi connectivity index (χ0v) is 20.5. The van der Waals surface area contributed by atoms with Crippen LogP contribution in [0.5, 0.6) is 0 Å². The summed E-state index contributed by atoms with van der Waals surface area (Å²) in [5, 5.41) is 9.05. The van der Waals surface area contributed by atoms with Crippen molar-refractivity contribution in [3.05, 3.63) is 22.8 Å². The molecule has 0 aromatic carbocycles. The summed E-state index contributed by atoms with van der Waals surface area (Å²) in [6, 6.07) is 0. The molecule has 3 rings (SSSR count). The fraction of sp³-hybridized carbons (Fsp3) is 0.667. The van der Waals surface area contributed by atoms with Crippen LogP contribution in [0, 0.1) is 13.8 Å². The van der Waals surface area contributed by atoms with Crippen LogP contribution < -0.4 is 10.2 Å². The molecule has 28 heavy (non-hydrogen) atoms. The molecule has 1 fully saturated rings. The minimum absolute atomic E-state index is 0. The van der Waals surface area contributed by atoms with Gasteiger partial charge in [-0.2, -0.15) is 9.47 Å². The van der Waals surface area contributed by atoms with E-state index in [0.29, 0.717) is 0 Å². The predicted octanol–water partition coefficient (Wildman–Crippen LogP) is 2.01. The highest BCUT2D eigenvalue weighted by Gasteiger charge is 2.22. The lowest BCUT2D eigenvalue weighted by Crippen LogP contribution is -2.52. The third kappa shape index (κ3) is 5.13. The summed E-state index contributed by atoms with van der Waals surface area (Å²) in [6.07, 6.45) is 1.85. The minimum atomic E-state index is 0. The number of anilines is 1. The van der Waals surface area contributed by atoms with Crippen molar-refractivity contribution in [3.63, 3.8) is 0 Å². The van der Waals surface area contributed by atoms with E-state index < -0.39 is 0 Å². The monoisotopic (exact) mass is 518 g/mol. The summed E-state index contributed by atoms with van der Waals surface area (Å²) in [5.74, 6) is 1.91. The van der Waals surface area contributed by atoms with Crippen LogP contribution >= 0.6 is 35.5 Å². The van der Waals surface area contributed by atoms with E-state index in [1.165, 1.54) is 22.8 Å². The van der Waals surface area contributed by atoms with Crippen molar-refractivity contribution in [1.82, 2.24) is 29.4 Å². The Bertz CT molecular complexity index is 792. The fourth-order valence-electron chi connectivity index (χ4n) is 3.44. The van der Waals surface area contributed by atoms with E-state index in [9.17, 15) is 0 Å². The van der Waals surface area contributed by atoms with Crippen molar-refractivity contribution >= 4 is 46.6 Å². The van der Waals surface area contributed by atoms with Crippen molar-refractivity contribution in [2.75, 3.05) is 44.7 Å². The molecular weight excluding hydrogens is 487 g/mol. The normalized spacial score (nSPS) is 15.0. The second-order valence-corrected chi connectivity index (χ2v) is 7.55. The Labute approximate surface area is 188 Å². The van der Waals surface area contributed by atoms with Gasteiger partial charge in [0.1, 0.15) is 5.82 Å². The number of piperazine rings is 1. The van der Waals surface area contributed by atoms with E-state index in [2.05, 4.69) is 55.3 Å². The highest BCUT2D eigenvalue weighted by Crippen LogP contribution is 2.19. The van der Waals surface area contributed by atoms with Crippen molar-refractivity contribution in [1.29, 1.82) is 0 Å². The van der Waals surface area contributed by atoms with Crippen LogP contribution in [-0.4, -0.2) is 69.8 Å². The number of aryl methyl sites for hydroxylation is 3. The average molecular weight is 518 g/mol. The SMILES string of the molecule is CCc1nsc(N2CCN(C(=NC)NCCc3c(C)nn(C)c3C)CC2)n1.I. The van der Waals surface area contributed by atoms with E-state index in [1.807, 2.05) is 18.8 Å². The lowest BCUT2D eigenvalue weighted by Gasteiger charge is -2.36. The molecule has 0 saturated carbocycles. The van der Waals surface area contributed by atoms with Crippen molar-refractivity contribution in [2.45, 2.75) is 33.6 Å². The first-order valence-corrected chi connectivity index (χ1v) is 10.3. The Hall–Kier alpha value is -1.43. The number of hydrogen-bond donors (Lipinski definition) is 1. The van der Waals surface area contributed by atoms with Gasteiger partial charge in [0.25, 0.3) is 0 Å². The van der Waals surface area contributed by atoms with Crippen LogP contribution in [0.3, 0.4) is 0 Å². The molecule has 3 heterocycles. The highest BCUT2D eigenvalue weighted by atomic mass is 127. The molecular formula is C18H31IN8S. The second-order valence-electron chi connectivity index (χ2n) is 6.82. The Morgan fingerprint density at radius 3 is 2.46 bits per heavy atom. The molecule has 1 aliphatic heterocycles. The molecule has 1 aliphatic rings. The fourth-order valence-corrected chi connectivity index (χ4v) is 4.24. The zero-order valence-electron chi connectivity index (χ0n) is 17.4. The Kier molecular flexibility index (Phi) is 8.47. The minimum Gasteiger partial charge on any atom is -0.356 e. The quantitative estimate of drug-likeness (QED) is 0.371. The van der Waals surface area contributed by atoms with Gasteiger partial charge in [0.15, 0.2) is 5.96 Å². The van der Waals surface area contributed by atoms with Crippen LogP contribution in [-0.2, 0) is 19.9 Å². The topological polar surface area (TPSA) is 74.5 Å². The van der Waals surface area contributed by atoms with Gasteiger partial charge in [-0.15, -0.1) is 24.0 Å². The van der Waals surface area contributed by atoms with Gasteiger partial charge in [0.05, 0.1) is 5.69 Å². The third-order valence-corrected chi connectivity index (χ3v) is 5.97. The summed E-state index contributed by atoms with van der Waals surface area (Å²) in [7, 11) is 3.85. The molecule has 2 aromatic rings. The number of halogens is 1. The predicted molar refractivity (Wildman–Crippen MR) is 126 cm³/mol. The van der Waals surface area contributed by atoms with Crippen molar-refractivity contribution in [2.24, 2.45) is 12.0 Å². The Balaban J connectivity index is 0.00000280. The number of nitrogens with one attached hydrogen (secondary N) is 1. The van der Waals surface area contributed by atoms with Crippen molar-refractivity contribution < 1.29 is 0 Å². The molecule has 0 radical (unpaired) electrons. The van der Waals surface area contributed by atoms with E-state index in [-0.39, 0.29) is 24.0 Å². The molecule has 0 bridgehead atoms. The summed E-state index contributed by atoms with van der Waals surface area (Å²) >= 11 is 1.50. The number of aliphatic imine (C=N–C) groups is 1. The van der Waals surface area contributed by atoms with Gasteiger partial charge in [-0.05, 0) is 25.8 Å². The summed E-state index contributed by atoms with van der Waals surface area (Å²) < 4.78 is 6.35. The molecule has 156 valence electrons. The molecule has 1 N–H and O–H groups in total. The lowest BCUT2D eigenvalue weighted by molar-refractivity contribution is 0.372. The number of aromatic nitrogens is 4. The van der Waals surface area contributed by atoms with Gasteiger partial charge >= 0.3 is 0 Å². The van der Waals surface area contributed by atoms with E-state index in [0.717, 1.165) is 68.2 Å². The van der Waals surface area contributed by atoms with Crippen LogP contribution in [0.2, 0.25) is 0 Å². The highest BCUT2D eigenvalue weighted by molar-refractivity contribution is 14.0. The molecule has 0 amide bonds. The van der Waals surface area contributed by atoms with Crippen LogP contribution in [0.4, 0.5) is 5.13 Å². The molecule has 0 unspecified atom stereocenters. The smallest absolute Gasteiger partial charge is 0.205 e. The number of rotatable bonds is 5. The second kappa shape index (κ2) is 10.4. The zero-order chi connectivity index (χ0) is 19.4. The van der Waals surface area contributed by atoms with E-state index >= 15 is 0 Å².